The molecule has 0 aliphatic carbocycles. The van der Waals surface area contributed by atoms with Crippen molar-refractivity contribution in [2.24, 2.45) is 0 Å². The number of carbonyl (C=O) groups is 1. The van der Waals surface area contributed by atoms with Crippen molar-refractivity contribution in [1.29, 1.82) is 0 Å². The summed E-state index contributed by atoms with van der Waals surface area (Å²) in [4.78, 5) is 15.7. The molecule has 0 saturated heterocycles. The molecular formula is C7H12N2O3. The van der Waals surface area contributed by atoms with Crippen LogP contribution in [0.2, 0.25) is 0 Å². The van der Waals surface area contributed by atoms with Crippen LogP contribution < -0.4 is 10.8 Å². The number of hydrogen-bond donors (Lipinski definition) is 2. The van der Waals surface area contributed by atoms with Gasteiger partial charge in [-0.3, -0.25) is 5.32 Å². The topological polar surface area (TPSA) is 59.6 Å². The van der Waals surface area contributed by atoms with Gasteiger partial charge in [0.1, 0.15) is 11.9 Å². The number of amides is 1. The van der Waals surface area contributed by atoms with E-state index in [-0.39, 0.29) is 6.17 Å². The van der Waals surface area contributed by atoms with Crippen LogP contribution in [0, 0.1) is 0 Å². The summed E-state index contributed by atoms with van der Waals surface area (Å²) in [6.45, 7) is 3.90. The number of carbonyl (C=O) groups excluding carboxylic acids is 1. The predicted molar refractivity (Wildman–Crippen MR) is 41.9 cm³/mol. The van der Waals surface area contributed by atoms with E-state index in [1.807, 2.05) is 0 Å². The normalized spacial score (nSPS) is 21.2. The van der Waals surface area contributed by atoms with Crippen LogP contribution in [0.3, 0.4) is 0 Å². The lowest BCUT2D eigenvalue weighted by atomic mass is 10.4. The van der Waals surface area contributed by atoms with Crippen LogP contribution in [0.1, 0.15) is 13.8 Å². The molecule has 68 valence electrons. The lowest BCUT2D eigenvalue weighted by Crippen LogP contribution is -2.41. The SMILES string of the molecule is CCOC(=O)NC1C=C(C)ON1. The number of rotatable bonds is 2. The van der Waals surface area contributed by atoms with Gasteiger partial charge in [0.25, 0.3) is 0 Å². The van der Waals surface area contributed by atoms with Crippen molar-refractivity contribution in [3.05, 3.63) is 11.8 Å². The Morgan fingerprint density at radius 2 is 2.67 bits per heavy atom. The van der Waals surface area contributed by atoms with E-state index in [0.717, 1.165) is 5.76 Å². The molecule has 1 aliphatic rings. The van der Waals surface area contributed by atoms with Gasteiger partial charge >= 0.3 is 6.09 Å². The van der Waals surface area contributed by atoms with Gasteiger partial charge in [-0.2, -0.15) is 0 Å². The van der Waals surface area contributed by atoms with Gasteiger partial charge in [0.05, 0.1) is 6.61 Å². The number of hydrogen-bond acceptors (Lipinski definition) is 4. The summed E-state index contributed by atoms with van der Waals surface area (Å²) in [7, 11) is 0. The van der Waals surface area contributed by atoms with Gasteiger partial charge < -0.3 is 9.57 Å². The Morgan fingerprint density at radius 3 is 3.17 bits per heavy atom. The third-order valence-corrected chi connectivity index (χ3v) is 1.30. The molecule has 5 heteroatoms. The molecule has 0 spiro atoms. The standard InChI is InChI=1S/C7H12N2O3/c1-3-11-7(10)8-6-4-5(2)12-9-6/h4,6,9H,3H2,1-2H3,(H,8,10). The molecule has 1 unspecified atom stereocenters. The van der Waals surface area contributed by atoms with Crippen molar-refractivity contribution in [1.82, 2.24) is 10.8 Å². The molecule has 0 saturated carbocycles. The highest BCUT2D eigenvalue weighted by atomic mass is 16.7. The molecule has 1 rings (SSSR count). The molecule has 0 fully saturated rings. The zero-order valence-electron chi connectivity index (χ0n) is 7.09. The molecule has 12 heavy (non-hydrogen) atoms. The summed E-state index contributed by atoms with van der Waals surface area (Å²) in [5.74, 6) is 0.733. The van der Waals surface area contributed by atoms with Crippen LogP contribution in [-0.2, 0) is 9.57 Å². The largest absolute Gasteiger partial charge is 0.450 e. The van der Waals surface area contributed by atoms with Crippen molar-refractivity contribution < 1.29 is 14.4 Å². The molecule has 0 aromatic heterocycles. The van der Waals surface area contributed by atoms with Gasteiger partial charge in [0.2, 0.25) is 0 Å². The van der Waals surface area contributed by atoms with Crippen molar-refractivity contribution in [3.63, 3.8) is 0 Å². The second-order valence-electron chi connectivity index (χ2n) is 2.34. The summed E-state index contributed by atoms with van der Waals surface area (Å²) in [6, 6.07) is 0. The summed E-state index contributed by atoms with van der Waals surface area (Å²) < 4.78 is 4.66. The van der Waals surface area contributed by atoms with E-state index in [1.165, 1.54) is 0 Å². The molecule has 1 amide bonds. The monoisotopic (exact) mass is 172 g/mol. The average molecular weight is 172 g/mol. The maximum Gasteiger partial charge on any atom is 0.408 e. The van der Waals surface area contributed by atoms with Gasteiger partial charge in [-0.25, -0.2) is 4.79 Å². The van der Waals surface area contributed by atoms with E-state index in [9.17, 15) is 4.79 Å². The Morgan fingerprint density at radius 1 is 1.92 bits per heavy atom. The zero-order valence-corrected chi connectivity index (χ0v) is 7.09. The van der Waals surface area contributed by atoms with E-state index in [0.29, 0.717) is 6.61 Å². The predicted octanol–water partition coefficient (Wildman–Crippen LogP) is 0.497. The summed E-state index contributed by atoms with van der Waals surface area (Å²) in [5, 5.41) is 2.54. The number of hydroxylamine groups is 1. The van der Waals surface area contributed by atoms with Gasteiger partial charge in [-0.15, -0.1) is 5.48 Å². The van der Waals surface area contributed by atoms with Crippen molar-refractivity contribution in [2.45, 2.75) is 20.0 Å². The van der Waals surface area contributed by atoms with Crippen LogP contribution in [0.25, 0.3) is 0 Å². The number of allylic oxidation sites excluding steroid dienone is 1. The lowest BCUT2D eigenvalue weighted by molar-refractivity contribution is 0.0990. The molecule has 1 aliphatic heterocycles. The minimum absolute atomic E-state index is 0.288. The van der Waals surface area contributed by atoms with E-state index < -0.39 is 6.09 Å². The number of alkyl carbamates (subject to hydrolysis) is 1. The maximum atomic E-state index is 10.8. The molecule has 0 bridgehead atoms. The molecule has 0 aromatic rings. The third kappa shape index (κ3) is 2.43. The van der Waals surface area contributed by atoms with E-state index >= 15 is 0 Å². The molecule has 1 heterocycles. The van der Waals surface area contributed by atoms with Gasteiger partial charge in [0, 0.05) is 0 Å². The lowest BCUT2D eigenvalue weighted by Gasteiger charge is -2.09. The molecule has 5 nitrogen and oxygen atoms in total. The maximum absolute atomic E-state index is 10.8. The van der Waals surface area contributed by atoms with Crippen LogP contribution in [0.5, 0.6) is 0 Å². The minimum atomic E-state index is -0.454. The fourth-order valence-corrected chi connectivity index (χ4v) is 0.830. The highest BCUT2D eigenvalue weighted by Crippen LogP contribution is 2.02. The van der Waals surface area contributed by atoms with Crippen LogP contribution in [0.15, 0.2) is 11.8 Å². The summed E-state index contributed by atoms with van der Waals surface area (Å²) >= 11 is 0. The highest BCUT2D eigenvalue weighted by Gasteiger charge is 2.15. The van der Waals surface area contributed by atoms with E-state index in [2.05, 4.69) is 15.5 Å². The highest BCUT2D eigenvalue weighted by molar-refractivity contribution is 5.67. The van der Waals surface area contributed by atoms with Gasteiger partial charge in [0.15, 0.2) is 0 Å². The van der Waals surface area contributed by atoms with Crippen molar-refractivity contribution in [3.8, 4) is 0 Å². The molecule has 0 radical (unpaired) electrons. The van der Waals surface area contributed by atoms with Gasteiger partial charge in [-0.05, 0) is 19.9 Å². The fourth-order valence-electron chi connectivity index (χ4n) is 0.830. The smallest absolute Gasteiger partial charge is 0.408 e. The Hall–Kier alpha value is -1.23. The first-order valence-electron chi connectivity index (χ1n) is 3.76. The molecule has 0 aromatic carbocycles. The molecule has 2 N–H and O–H groups in total. The first-order chi connectivity index (χ1) is 5.72. The summed E-state index contributed by atoms with van der Waals surface area (Å²) in [6.07, 6.45) is 1.00. The van der Waals surface area contributed by atoms with E-state index in [1.54, 1.807) is 19.9 Å². The second kappa shape index (κ2) is 3.96. The number of nitrogens with one attached hydrogen (secondary N) is 2. The fraction of sp³-hybridized carbons (Fsp3) is 0.571. The quantitative estimate of drug-likeness (QED) is 0.636. The first-order valence-corrected chi connectivity index (χ1v) is 3.76. The van der Waals surface area contributed by atoms with Crippen LogP contribution in [0.4, 0.5) is 4.79 Å². The molecular weight excluding hydrogens is 160 g/mol. The Labute approximate surface area is 70.7 Å². The van der Waals surface area contributed by atoms with E-state index in [4.69, 9.17) is 4.84 Å². The first kappa shape index (κ1) is 8.86. The van der Waals surface area contributed by atoms with Crippen molar-refractivity contribution >= 4 is 6.09 Å². The Bertz CT molecular complexity index is 203. The number of ether oxygens (including phenoxy) is 1. The molecule has 1 atom stereocenters. The second-order valence-corrected chi connectivity index (χ2v) is 2.34. The minimum Gasteiger partial charge on any atom is -0.450 e. The van der Waals surface area contributed by atoms with Crippen molar-refractivity contribution in [2.75, 3.05) is 6.61 Å². The average Bonchev–Trinajstić information content (AvgIpc) is 2.36. The van der Waals surface area contributed by atoms with Crippen LogP contribution in [-0.4, -0.2) is 18.9 Å². The van der Waals surface area contributed by atoms with Gasteiger partial charge in [-0.1, -0.05) is 0 Å². The third-order valence-electron chi connectivity index (χ3n) is 1.30. The summed E-state index contributed by atoms with van der Waals surface area (Å²) in [5.41, 5.74) is 2.59. The Balaban J connectivity index is 2.28. The zero-order chi connectivity index (χ0) is 8.97. The van der Waals surface area contributed by atoms with Crippen LogP contribution >= 0.6 is 0 Å². The Kier molecular flexibility index (Phi) is 2.93.